The molecule has 0 unspecified atom stereocenters. The van der Waals surface area contributed by atoms with Crippen LogP contribution in [0.2, 0.25) is 0 Å². The molecule has 0 radical (unpaired) electrons. The Morgan fingerprint density at radius 1 is 1.00 bits per heavy atom. The van der Waals surface area contributed by atoms with E-state index in [1.54, 1.807) is 65.5 Å². The van der Waals surface area contributed by atoms with Crippen molar-refractivity contribution in [2.75, 3.05) is 62.2 Å². The van der Waals surface area contributed by atoms with Gasteiger partial charge in [0.15, 0.2) is 5.78 Å². The minimum atomic E-state index is -0.522. The topological polar surface area (TPSA) is 129 Å². The quantitative estimate of drug-likeness (QED) is 0.120. The zero-order chi connectivity index (χ0) is 32.8. The van der Waals surface area contributed by atoms with Crippen molar-refractivity contribution >= 4 is 51.9 Å². The molecule has 0 bridgehead atoms. The molecule has 0 atom stereocenters. The summed E-state index contributed by atoms with van der Waals surface area (Å²) in [7, 11) is 7.40. The molecule has 5 rings (SSSR count). The van der Waals surface area contributed by atoms with Crippen LogP contribution in [0.3, 0.4) is 0 Å². The monoisotopic (exact) mass is 623 g/mol. The Kier molecular flexibility index (Phi) is 9.53. The molecule has 12 nitrogen and oxygen atoms in total. The van der Waals surface area contributed by atoms with Crippen LogP contribution in [0.4, 0.5) is 38.9 Å². The predicted octanol–water partition coefficient (Wildman–Crippen LogP) is 5.11. The van der Waals surface area contributed by atoms with E-state index in [1.807, 2.05) is 26.0 Å². The Bertz CT molecular complexity index is 1910. The van der Waals surface area contributed by atoms with Crippen molar-refractivity contribution in [3.63, 3.8) is 0 Å². The summed E-state index contributed by atoms with van der Waals surface area (Å²) in [6.07, 6.45) is 7.69. The Morgan fingerprint density at radius 2 is 1.80 bits per heavy atom. The lowest BCUT2D eigenvalue weighted by Crippen LogP contribution is -2.29. The summed E-state index contributed by atoms with van der Waals surface area (Å²) in [5, 5.41) is 8.94. The number of benzene rings is 2. The van der Waals surface area contributed by atoms with Crippen molar-refractivity contribution in [1.82, 2.24) is 24.3 Å². The molecule has 2 aromatic carbocycles. The Balaban J connectivity index is 1.54. The van der Waals surface area contributed by atoms with Gasteiger partial charge >= 0.3 is 0 Å². The largest absolute Gasteiger partial charge is 0.494 e. The molecule has 3 aromatic heterocycles. The molecule has 1 amide bonds. The van der Waals surface area contributed by atoms with Gasteiger partial charge in [0.1, 0.15) is 23.0 Å². The maximum atomic E-state index is 14.7. The lowest BCUT2D eigenvalue weighted by molar-refractivity contribution is -0.111. The zero-order valence-corrected chi connectivity index (χ0v) is 25.9. The van der Waals surface area contributed by atoms with Crippen LogP contribution in [0.15, 0.2) is 86.0 Å². The van der Waals surface area contributed by atoms with Crippen LogP contribution in [0.5, 0.6) is 5.75 Å². The highest BCUT2D eigenvalue weighted by Gasteiger charge is 2.21. The number of rotatable bonds is 13. The number of methoxy groups -OCH3 is 1. The molecule has 13 heteroatoms. The van der Waals surface area contributed by atoms with Crippen LogP contribution in [0.25, 0.3) is 5.65 Å². The van der Waals surface area contributed by atoms with Gasteiger partial charge < -0.3 is 34.9 Å². The summed E-state index contributed by atoms with van der Waals surface area (Å²) in [5.74, 6) is -0.674. The van der Waals surface area contributed by atoms with E-state index in [0.717, 1.165) is 12.2 Å². The molecule has 0 spiro atoms. The molecule has 0 aliphatic carbocycles. The molecule has 0 aliphatic rings. The Labute approximate surface area is 265 Å². The highest BCUT2D eigenvalue weighted by atomic mass is 19.1. The lowest BCUT2D eigenvalue weighted by Gasteiger charge is -2.26. The fraction of sp³-hybridized carbons (Fsp3) is 0.182. The number of hydrogen-bond donors (Lipinski definition) is 3. The number of imidazole rings is 1. The molecular weight excluding hydrogens is 589 g/mol. The van der Waals surface area contributed by atoms with E-state index in [-0.39, 0.29) is 34.7 Å². The van der Waals surface area contributed by atoms with Gasteiger partial charge in [-0.1, -0.05) is 18.7 Å². The van der Waals surface area contributed by atoms with Gasteiger partial charge in [-0.2, -0.15) is 4.98 Å². The van der Waals surface area contributed by atoms with Crippen molar-refractivity contribution in [1.29, 1.82) is 0 Å². The minimum Gasteiger partial charge on any atom is -0.494 e. The second-order valence-electron chi connectivity index (χ2n) is 10.6. The van der Waals surface area contributed by atoms with Crippen molar-refractivity contribution in [3.8, 4) is 5.75 Å². The second kappa shape index (κ2) is 13.9. The van der Waals surface area contributed by atoms with Gasteiger partial charge in [-0.3, -0.25) is 9.59 Å². The molecule has 3 N–H and O–H groups in total. The standard InChI is InChI=1S/C33H34FN9O3/c1-6-30(44)37-25-18-26(28(46-5)19-27(25)42(4)16-15-41(2)3)39-33-36-20-22(32(40-33)38-24-10-8-7-9-23(24)34)31(45)21-11-13-43-14-12-35-29(43)17-21/h6-14,17-20H,1,15-16H2,2-5H3,(H,37,44)(H2,36,38,39,40). The third-order valence-corrected chi connectivity index (χ3v) is 7.12. The number of halogens is 1. The number of aromatic nitrogens is 4. The zero-order valence-electron chi connectivity index (χ0n) is 25.9. The summed E-state index contributed by atoms with van der Waals surface area (Å²) < 4.78 is 22.2. The number of carbonyl (C=O) groups is 2. The summed E-state index contributed by atoms with van der Waals surface area (Å²) in [6, 6.07) is 12.9. The van der Waals surface area contributed by atoms with E-state index in [1.165, 1.54) is 25.4 Å². The SMILES string of the molecule is C=CC(=O)Nc1cc(Nc2ncc(C(=O)c3ccn4ccnc4c3)c(Nc3ccccc3F)n2)c(OC)cc1N(C)CCN(C)C. The molecule has 3 heterocycles. The average Bonchev–Trinajstić information content (AvgIpc) is 3.53. The fourth-order valence-corrected chi connectivity index (χ4v) is 4.63. The third-order valence-electron chi connectivity index (χ3n) is 7.12. The van der Waals surface area contributed by atoms with E-state index in [4.69, 9.17) is 4.74 Å². The van der Waals surface area contributed by atoms with Crippen LogP contribution in [0, 0.1) is 5.82 Å². The molecule has 0 fully saturated rings. The molecular formula is C33H34FN9O3. The molecule has 0 saturated heterocycles. The summed E-state index contributed by atoms with van der Waals surface area (Å²) in [6.45, 7) is 5.02. The Morgan fingerprint density at radius 3 is 2.54 bits per heavy atom. The van der Waals surface area contributed by atoms with Gasteiger partial charge in [0.25, 0.3) is 0 Å². The number of amides is 1. The van der Waals surface area contributed by atoms with Crippen molar-refractivity contribution in [2.45, 2.75) is 0 Å². The third kappa shape index (κ3) is 7.11. The van der Waals surface area contributed by atoms with Crippen LogP contribution in [0.1, 0.15) is 15.9 Å². The van der Waals surface area contributed by atoms with Gasteiger partial charge in [-0.15, -0.1) is 0 Å². The minimum absolute atomic E-state index is 0.0787. The number of fused-ring (bicyclic) bond motifs is 1. The van der Waals surface area contributed by atoms with Crippen molar-refractivity contribution < 1.29 is 18.7 Å². The maximum Gasteiger partial charge on any atom is 0.247 e. The van der Waals surface area contributed by atoms with Gasteiger partial charge in [0, 0.05) is 56.6 Å². The normalized spacial score (nSPS) is 10.9. The maximum absolute atomic E-state index is 14.7. The number of ketones is 1. The van der Waals surface area contributed by atoms with Crippen molar-refractivity contribution in [2.24, 2.45) is 0 Å². The van der Waals surface area contributed by atoms with E-state index >= 15 is 0 Å². The van der Waals surface area contributed by atoms with E-state index in [0.29, 0.717) is 34.9 Å². The number of nitrogens with zero attached hydrogens (tertiary/aromatic N) is 6. The van der Waals surface area contributed by atoms with E-state index in [9.17, 15) is 14.0 Å². The Hall–Kier alpha value is -5.82. The van der Waals surface area contributed by atoms with Crippen LogP contribution in [-0.4, -0.2) is 77.3 Å². The number of hydrogen-bond acceptors (Lipinski definition) is 10. The first-order chi connectivity index (χ1) is 22.2. The first-order valence-electron chi connectivity index (χ1n) is 14.3. The predicted molar refractivity (Wildman–Crippen MR) is 177 cm³/mol. The number of pyridine rings is 1. The lowest BCUT2D eigenvalue weighted by atomic mass is 10.1. The summed E-state index contributed by atoms with van der Waals surface area (Å²) >= 11 is 0. The highest BCUT2D eigenvalue weighted by Crippen LogP contribution is 2.38. The van der Waals surface area contributed by atoms with E-state index < -0.39 is 5.82 Å². The molecule has 0 saturated carbocycles. The van der Waals surface area contributed by atoms with Gasteiger partial charge in [-0.25, -0.2) is 14.4 Å². The van der Waals surface area contributed by atoms with Gasteiger partial charge in [0.2, 0.25) is 11.9 Å². The smallest absolute Gasteiger partial charge is 0.247 e. The number of nitrogens with one attached hydrogen (secondary N) is 3. The molecule has 46 heavy (non-hydrogen) atoms. The molecule has 0 aliphatic heterocycles. The van der Waals surface area contributed by atoms with Crippen molar-refractivity contribution in [3.05, 3.63) is 103 Å². The van der Waals surface area contributed by atoms with Crippen LogP contribution < -0.4 is 25.6 Å². The number of likely N-dealkylation sites (N-methyl/N-ethyl adjacent to an activating group) is 2. The number of carbonyl (C=O) groups excluding carboxylic acids is 2. The van der Waals surface area contributed by atoms with Crippen LogP contribution in [-0.2, 0) is 4.79 Å². The molecule has 5 aromatic rings. The number of ether oxygens (including phenoxy) is 1. The fourth-order valence-electron chi connectivity index (χ4n) is 4.63. The van der Waals surface area contributed by atoms with Gasteiger partial charge in [-0.05, 0) is 50.5 Å². The second-order valence-corrected chi connectivity index (χ2v) is 10.6. The number of para-hydroxylation sites is 1. The average molecular weight is 624 g/mol. The first-order valence-corrected chi connectivity index (χ1v) is 14.3. The first kappa shape index (κ1) is 31.6. The van der Waals surface area contributed by atoms with Gasteiger partial charge in [0.05, 0.1) is 35.4 Å². The summed E-state index contributed by atoms with van der Waals surface area (Å²) in [5.41, 5.74) is 2.86. The summed E-state index contributed by atoms with van der Waals surface area (Å²) in [4.78, 5) is 43.4. The van der Waals surface area contributed by atoms with Crippen LogP contribution >= 0.6 is 0 Å². The van der Waals surface area contributed by atoms with E-state index in [2.05, 4.69) is 42.4 Å². The highest BCUT2D eigenvalue weighted by molar-refractivity contribution is 6.12. The number of anilines is 6. The molecule has 236 valence electrons.